The number of halogens is 2. The molecule has 0 aliphatic heterocycles. The first-order chi connectivity index (χ1) is 13.9. The van der Waals surface area contributed by atoms with E-state index >= 15 is 0 Å². The van der Waals surface area contributed by atoms with Crippen molar-refractivity contribution in [1.29, 1.82) is 0 Å². The van der Waals surface area contributed by atoms with E-state index in [-0.39, 0.29) is 5.91 Å². The van der Waals surface area contributed by atoms with Crippen LogP contribution >= 0.6 is 27.5 Å². The fourth-order valence-electron chi connectivity index (χ4n) is 2.98. The van der Waals surface area contributed by atoms with Crippen LogP contribution in [0.5, 0.6) is 5.75 Å². The number of anilines is 1. The Morgan fingerprint density at radius 1 is 1.14 bits per heavy atom. The van der Waals surface area contributed by atoms with Gasteiger partial charge in [0.05, 0.1) is 23.3 Å². The van der Waals surface area contributed by atoms with Crippen molar-refractivity contribution in [2.45, 2.75) is 6.92 Å². The lowest BCUT2D eigenvalue weighted by Gasteiger charge is -2.11. The molecule has 3 aromatic carbocycles. The van der Waals surface area contributed by atoms with Crippen LogP contribution in [-0.4, -0.2) is 18.0 Å². The molecule has 7 heteroatoms. The van der Waals surface area contributed by atoms with E-state index in [2.05, 4.69) is 26.2 Å². The number of benzene rings is 3. The molecule has 0 saturated carbocycles. The van der Waals surface area contributed by atoms with Gasteiger partial charge in [0.25, 0.3) is 5.91 Å². The average Bonchev–Trinajstić information content (AvgIpc) is 3.12. The van der Waals surface area contributed by atoms with Crippen molar-refractivity contribution in [2.75, 3.05) is 12.4 Å². The topological polar surface area (TPSA) is 64.4 Å². The van der Waals surface area contributed by atoms with Gasteiger partial charge < -0.3 is 14.5 Å². The Morgan fingerprint density at radius 3 is 2.76 bits per heavy atom. The smallest absolute Gasteiger partial charge is 0.259 e. The Hall–Kier alpha value is -2.83. The lowest BCUT2D eigenvalue weighted by Crippen LogP contribution is -2.13. The molecule has 4 aromatic rings. The number of carbonyl (C=O) groups excluding carboxylic acids is 1. The van der Waals surface area contributed by atoms with Crippen LogP contribution in [0.1, 0.15) is 15.9 Å². The zero-order valence-corrected chi connectivity index (χ0v) is 18.0. The van der Waals surface area contributed by atoms with Gasteiger partial charge >= 0.3 is 0 Å². The summed E-state index contributed by atoms with van der Waals surface area (Å²) < 4.78 is 11.9. The third-order valence-electron chi connectivity index (χ3n) is 4.40. The predicted octanol–water partition coefficient (Wildman–Crippen LogP) is 6.48. The van der Waals surface area contributed by atoms with Crippen LogP contribution in [-0.2, 0) is 0 Å². The molecule has 5 nitrogen and oxygen atoms in total. The summed E-state index contributed by atoms with van der Waals surface area (Å²) in [5.74, 6) is 0.575. The van der Waals surface area contributed by atoms with Gasteiger partial charge in [-0.3, -0.25) is 4.79 Å². The first kappa shape index (κ1) is 19.5. The molecule has 29 heavy (non-hydrogen) atoms. The van der Waals surface area contributed by atoms with Gasteiger partial charge in [-0.2, -0.15) is 0 Å². The zero-order valence-electron chi connectivity index (χ0n) is 15.6. The van der Waals surface area contributed by atoms with Crippen LogP contribution in [0.3, 0.4) is 0 Å². The van der Waals surface area contributed by atoms with E-state index in [1.54, 1.807) is 30.3 Å². The summed E-state index contributed by atoms with van der Waals surface area (Å²) in [5, 5.41) is 3.35. The lowest BCUT2D eigenvalue weighted by molar-refractivity contribution is 0.102. The normalized spacial score (nSPS) is 10.9. The Labute approximate surface area is 180 Å². The number of hydrogen-bond donors (Lipinski definition) is 1. The van der Waals surface area contributed by atoms with Crippen LogP contribution in [0.2, 0.25) is 5.02 Å². The lowest BCUT2D eigenvalue weighted by atomic mass is 10.1. The van der Waals surface area contributed by atoms with Gasteiger partial charge in [-0.1, -0.05) is 33.6 Å². The molecule has 0 unspecified atom stereocenters. The molecule has 0 aliphatic rings. The predicted molar refractivity (Wildman–Crippen MR) is 118 cm³/mol. The number of methoxy groups -OCH3 is 1. The molecule has 0 aliphatic carbocycles. The zero-order chi connectivity index (χ0) is 20.5. The molecule has 1 N–H and O–H groups in total. The number of amides is 1. The van der Waals surface area contributed by atoms with Gasteiger partial charge in [0.15, 0.2) is 5.58 Å². The van der Waals surface area contributed by atoms with Crippen molar-refractivity contribution in [3.05, 3.63) is 75.2 Å². The van der Waals surface area contributed by atoms with E-state index in [0.29, 0.717) is 39.1 Å². The maximum atomic E-state index is 12.8. The standard InChI is InChI=1S/C22H16BrClN2O3/c1-12-3-7-20-18(9-12)26-22(29-20)15-11-14(5-6-17(15)24)25-21(27)16-10-13(23)4-8-19(16)28-2/h3-11H,1-2H3,(H,25,27). The average molecular weight is 472 g/mol. The largest absolute Gasteiger partial charge is 0.496 e. The maximum absolute atomic E-state index is 12.8. The van der Waals surface area contributed by atoms with Gasteiger partial charge in [0.2, 0.25) is 5.89 Å². The van der Waals surface area contributed by atoms with Crippen molar-refractivity contribution in [3.8, 4) is 17.2 Å². The molecule has 0 spiro atoms. The van der Waals surface area contributed by atoms with Crippen molar-refractivity contribution in [2.24, 2.45) is 0 Å². The first-order valence-electron chi connectivity index (χ1n) is 8.76. The highest BCUT2D eigenvalue weighted by Gasteiger charge is 2.16. The van der Waals surface area contributed by atoms with Crippen molar-refractivity contribution in [3.63, 3.8) is 0 Å². The van der Waals surface area contributed by atoms with Crippen molar-refractivity contribution in [1.82, 2.24) is 4.98 Å². The van der Waals surface area contributed by atoms with E-state index in [1.165, 1.54) is 7.11 Å². The minimum Gasteiger partial charge on any atom is -0.496 e. The van der Waals surface area contributed by atoms with Crippen molar-refractivity contribution < 1.29 is 13.9 Å². The third-order valence-corrected chi connectivity index (χ3v) is 5.23. The summed E-state index contributed by atoms with van der Waals surface area (Å²) >= 11 is 9.75. The second-order valence-electron chi connectivity index (χ2n) is 6.48. The molecule has 4 rings (SSSR count). The number of aryl methyl sites for hydroxylation is 1. The highest BCUT2D eigenvalue weighted by molar-refractivity contribution is 9.10. The quantitative estimate of drug-likeness (QED) is 0.370. The Balaban J connectivity index is 1.68. The van der Waals surface area contributed by atoms with Crippen LogP contribution < -0.4 is 10.1 Å². The van der Waals surface area contributed by atoms with E-state index < -0.39 is 0 Å². The summed E-state index contributed by atoms with van der Waals surface area (Å²) in [6.45, 7) is 1.99. The van der Waals surface area contributed by atoms with Crippen LogP contribution in [0.15, 0.2) is 63.5 Å². The van der Waals surface area contributed by atoms with Gasteiger partial charge in [-0.15, -0.1) is 0 Å². The number of fused-ring (bicyclic) bond motifs is 1. The van der Waals surface area contributed by atoms with E-state index in [4.69, 9.17) is 20.8 Å². The second kappa shape index (κ2) is 7.89. The van der Waals surface area contributed by atoms with Gasteiger partial charge in [-0.25, -0.2) is 4.98 Å². The number of oxazole rings is 1. The maximum Gasteiger partial charge on any atom is 0.259 e. The molecule has 0 radical (unpaired) electrons. The highest BCUT2D eigenvalue weighted by atomic mass is 79.9. The minimum absolute atomic E-state index is 0.301. The number of rotatable bonds is 4. The third kappa shape index (κ3) is 3.99. The summed E-state index contributed by atoms with van der Waals surface area (Å²) in [6.07, 6.45) is 0. The van der Waals surface area contributed by atoms with Gasteiger partial charge in [0.1, 0.15) is 11.3 Å². The molecule has 146 valence electrons. The Bertz CT molecular complexity index is 1240. The number of ether oxygens (including phenoxy) is 1. The molecule has 0 fully saturated rings. The molecule has 0 bridgehead atoms. The summed E-state index contributed by atoms with van der Waals surface area (Å²) in [4.78, 5) is 17.3. The summed E-state index contributed by atoms with van der Waals surface area (Å²) in [5.41, 5.74) is 4.09. The van der Waals surface area contributed by atoms with Crippen LogP contribution in [0, 0.1) is 6.92 Å². The van der Waals surface area contributed by atoms with Gasteiger partial charge in [-0.05, 0) is 61.0 Å². The summed E-state index contributed by atoms with van der Waals surface area (Å²) in [7, 11) is 1.52. The number of carbonyl (C=O) groups is 1. The van der Waals surface area contributed by atoms with E-state index in [0.717, 1.165) is 15.6 Å². The van der Waals surface area contributed by atoms with Crippen LogP contribution in [0.4, 0.5) is 5.69 Å². The van der Waals surface area contributed by atoms with E-state index in [9.17, 15) is 4.79 Å². The molecule has 1 heterocycles. The number of hydrogen-bond acceptors (Lipinski definition) is 4. The van der Waals surface area contributed by atoms with E-state index in [1.807, 2.05) is 31.2 Å². The Morgan fingerprint density at radius 2 is 1.97 bits per heavy atom. The molecular formula is C22H16BrClN2O3. The number of nitrogens with zero attached hydrogens (tertiary/aromatic N) is 1. The molecule has 0 atom stereocenters. The second-order valence-corrected chi connectivity index (χ2v) is 7.81. The SMILES string of the molecule is COc1ccc(Br)cc1C(=O)Nc1ccc(Cl)c(-c2nc3cc(C)ccc3o2)c1. The van der Waals surface area contributed by atoms with Gasteiger partial charge in [0, 0.05) is 10.2 Å². The molecule has 1 amide bonds. The minimum atomic E-state index is -0.301. The molecule has 0 saturated heterocycles. The summed E-state index contributed by atoms with van der Waals surface area (Å²) in [6, 6.07) is 16.2. The first-order valence-corrected chi connectivity index (χ1v) is 9.93. The Kier molecular flexibility index (Phi) is 5.30. The highest BCUT2D eigenvalue weighted by Crippen LogP contribution is 2.33. The molecule has 1 aromatic heterocycles. The number of nitrogens with one attached hydrogen (secondary N) is 1. The fraction of sp³-hybridized carbons (Fsp3) is 0.0909. The van der Waals surface area contributed by atoms with Crippen LogP contribution in [0.25, 0.3) is 22.6 Å². The fourth-order valence-corrected chi connectivity index (χ4v) is 3.54. The molecular weight excluding hydrogens is 456 g/mol. The van der Waals surface area contributed by atoms with Crippen molar-refractivity contribution >= 4 is 50.2 Å². The monoisotopic (exact) mass is 470 g/mol. The number of aromatic nitrogens is 1.